The molecule has 0 amide bonds. The van der Waals surface area contributed by atoms with E-state index in [0.29, 0.717) is 0 Å². The summed E-state index contributed by atoms with van der Waals surface area (Å²) in [6.45, 7) is 3.30. The van der Waals surface area contributed by atoms with Gasteiger partial charge >= 0.3 is 4.83 Å². The molecule has 0 spiro atoms. The van der Waals surface area contributed by atoms with Crippen molar-refractivity contribution < 1.29 is 13.5 Å². The fraction of sp³-hybridized carbons (Fsp3) is 0.500. The van der Waals surface area contributed by atoms with Gasteiger partial charge in [0.25, 0.3) is 0 Å². The van der Waals surface area contributed by atoms with Crippen molar-refractivity contribution >= 4 is 15.9 Å². The van der Waals surface area contributed by atoms with E-state index in [2.05, 4.69) is 20.7 Å². The van der Waals surface area contributed by atoms with E-state index < -0.39 is 4.83 Å². The quantitative estimate of drug-likeness (QED) is 0.397. The summed E-state index contributed by atoms with van der Waals surface area (Å²) in [5, 5.41) is 0. The van der Waals surface area contributed by atoms with Crippen molar-refractivity contribution in [3.8, 4) is 0 Å². The molecule has 1 nitrogen and oxygen atoms in total. The average molecular weight is 214 g/mol. The molecule has 59 valence electrons. The van der Waals surface area contributed by atoms with Crippen molar-refractivity contribution in [3.05, 3.63) is 18.8 Å². The van der Waals surface area contributed by atoms with Crippen LogP contribution in [0.25, 0.3) is 0 Å². The zero-order valence-corrected chi connectivity index (χ0v) is 7.07. The number of hydrogen-bond donors (Lipinski definition) is 0. The van der Waals surface area contributed by atoms with E-state index >= 15 is 0 Å². The Balaban J connectivity index is 3.37. The smallest absolute Gasteiger partial charge is 0.320 e. The molecule has 0 aliphatic heterocycles. The summed E-state index contributed by atoms with van der Waals surface area (Å²) < 4.78 is 28.5. The Morgan fingerprint density at radius 3 is 2.60 bits per heavy atom. The molecule has 1 radical (unpaired) electrons. The van der Waals surface area contributed by atoms with Crippen LogP contribution in [0, 0.1) is 6.61 Å². The van der Waals surface area contributed by atoms with Crippen LogP contribution in [0.4, 0.5) is 8.78 Å². The van der Waals surface area contributed by atoms with Crippen LogP contribution < -0.4 is 0 Å². The third kappa shape index (κ3) is 8.04. The van der Waals surface area contributed by atoms with E-state index in [9.17, 15) is 8.78 Å². The lowest BCUT2D eigenvalue weighted by atomic mass is 10.5. The van der Waals surface area contributed by atoms with Crippen molar-refractivity contribution in [1.29, 1.82) is 0 Å². The Labute approximate surface area is 67.2 Å². The molecule has 0 fully saturated rings. The summed E-state index contributed by atoms with van der Waals surface area (Å²) in [5.41, 5.74) is 0. The summed E-state index contributed by atoms with van der Waals surface area (Å²) in [6, 6.07) is 0. The molecule has 0 aliphatic rings. The number of ether oxygens (including phenoxy) is 1. The second-order valence-electron chi connectivity index (χ2n) is 1.51. The Kier molecular flexibility index (Phi) is 4.81. The van der Waals surface area contributed by atoms with Crippen LogP contribution in [-0.2, 0) is 4.74 Å². The molecule has 0 aromatic heterocycles. The van der Waals surface area contributed by atoms with Crippen molar-refractivity contribution in [2.45, 2.75) is 11.8 Å². The second-order valence-corrected chi connectivity index (χ2v) is 2.57. The summed E-state index contributed by atoms with van der Waals surface area (Å²) in [4.78, 5) is -2.91. The van der Waals surface area contributed by atoms with E-state index in [4.69, 9.17) is 0 Å². The third-order valence-electron chi connectivity index (χ3n) is 0.666. The van der Waals surface area contributed by atoms with Crippen molar-refractivity contribution in [2.24, 2.45) is 0 Å². The number of alkyl halides is 3. The molecule has 0 aromatic rings. The van der Waals surface area contributed by atoms with Gasteiger partial charge in [-0.3, -0.25) is 0 Å². The van der Waals surface area contributed by atoms with Crippen LogP contribution in [-0.4, -0.2) is 11.4 Å². The van der Waals surface area contributed by atoms with Gasteiger partial charge in [0, 0.05) is 0 Å². The fourth-order valence-corrected chi connectivity index (χ4v) is 0.520. The van der Waals surface area contributed by atoms with Gasteiger partial charge in [0.1, 0.15) is 0 Å². The molecule has 0 heterocycles. The van der Waals surface area contributed by atoms with Crippen LogP contribution in [0.1, 0.15) is 6.92 Å². The monoisotopic (exact) mass is 213 g/mol. The van der Waals surface area contributed by atoms with Gasteiger partial charge in [-0.15, -0.1) is 0 Å². The van der Waals surface area contributed by atoms with Crippen LogP contribution >= 0.6 is 15.9 Å². The molecule has 10 heavy (non-hydrogen) atoms. The second kappa shape index (κ2) is 4.79. The maximum atomic E-state index is 11.9. The van der Waals surface area contributed by atoms with Crippen LogP contribution in [0.2, 0.25) is 0 Å². The van der Waals surface area contributed by atoms with Crippen LogP contribution in [0.5, 0.6) is 0 Å². The van der Waals surface area contributed by atoms with Crippen molar-refractivity contribution in [3.63, 3.8) is 0 Å². The summed E-state index contributed by atoms with van der Waals surface area (Å²) in [6.07, 6.45) is 1.98. The lowest BCUT2D eigenvalue weighted by Gasteiger charge is -1.98. The first-order valence-corrected chi connectivity index (χ1v) is 3.49. The summed E-state index contributed by atoms with van der Waals surface area (Å²) in [7, 11) is 0. The molecule has 0 atom stereocenters. The van der Waals surface area contributed by atoms with E-state index in [-0.39, 0.29) is 6.61 Å². The molecule has 0 N–H and O–H groups in total. The third-order valence-corrected chi connectivity index (χ3v) is 0.930. The molecule has 0 saturated carbocycles. The van der Waals surface area contributed by atoms with Gasteiger partial charge in [0.2, 0.25) is 0 Å². The molecule has 0 bridgehead atoms. The van der Waals surface area contributed by atoms with E-state index in [1.807, 2.05) is 0 Å². The lowest BCUT2D eigenvalue weighted by molar-refractivity contribution is 0.168. The topological polar surface area (TPSA) is 9.23 Å². The van der Waals surface area contributed by atoms with Gasteiger partial charge in [0.05, 0.1) is 13.2 Å². The summed E-state index contributed by atoms with van der Waals surface area (Å²) >= 11 is 2.14. The minimum absolute atomic E-state index is 0.178. The van der Waals surface area contributed by atoms with Crippen LogP contribution in [0.3, 0.4) is 0 Å². The average Bonchev–Trinajstić information content (AvgIpc) is 1.78. The Bertz CT molecular complexity index is 109. The highest BCUT2D eigenvalue weighted by molar-refractivity contribution is 9.10. The molecule has 0 unspecified atom stereocenters. The lowest BCUT2D eigenvalue weighted by Crippen LogP contribution is -1.98. The Morgan fingerprint density at radius 2 is 2.20 bits per heavy atom. The minimum atomic E-state index is -2.91. The number of allylic oxidation sites excluding steroid dienone is 1. The van der Waals surface area contributed by atoms with Crippen LogP contribution in [0.15, 0.2) is 12.2 Å². The maximum absolute atomic E-state index is 11.9. The Morgan fingerprint density at radius 1 is 1.60 bits per heavy atom. The first kappa shape index (κ1) is 10.0. The predicted molar refractivity (Wildman–Crippen MR) is 38.9 cm³/mol. The van der Waals surface area contributed by atoms with E-state index in [0.717, 1.165) is 6.08 Å². The molecule has 0 rings (SSSR count). The standard InChI is InChI=1S/C6H8BrF2O/c1-2-10-5-3-4-6(7,8)9/h2-4H,5H2,1H3/b4-3+. The predicted octanol–water partition coefficient (Wildman–Crippen LogP) is 2.73. The Hall–Kier alpha value is 0.0400. The normalized spacial score (nSPS) is 12.8. The van der Waals surface area contributed by atoms with Crippen molar-refractivity contribution in [2.75, 3.05) is 6.61 Å². The number of rotatable bonds is 4. The van der Waals surface area contributed by atoms with Gasteiger partial charge in [-0.25, -0.2) is 0 Å². The minimum Gasteiger partial charge on any atom is -0.372 e. The molecule has 4 heteroatoms. The van der Waals surface area contributed by atoms with Crippen molar-refractivity contribution in [1.82, 2.24) is 0 Å². The largest absolute Gasteiger partial charge is 0.372 e. The molecule has 0 aliphatic carbocycles. The van der Waals surface area contributed by atoms with Gasteiger partial charge < -0.3 is 4.74 Å². The molecule has 0 aromatic carbocycles. The summed E-state index contributed by atoms with van der Waals surface area (Å²) in [5.74, 6) is 0. The highest BCUT2D eigenvalue weighted by Gasteiger charge is 2.17. The molecular formula is C6H8BrF2O. The first-order valence-electron chi connectivity index (χ1n) is 2.70. The van der Waals surface area contributed by atoms with E-state index in [1.54, 1.807) is 6.92 Å². The van der Waals surface area contributed by atoms with Gasteiger partial charge in [-0.05, 0) is 28.9 Å². The zero-order chi connectivity index (χ0) is 8.04. The van der Waals surface area contributed by atoms with E-state index in [1.165, 1.54) is 12.7 Å². The van der Waals surface area contributed by atoms with Gasteiger partial charge in [0.15, 0.2) is 0 Å². The highest BCUT2D eigenvalue weighted by Crippen LogP contribution is 2.22. The first-order chi connectivity index (χ1) is 4.56. The molecule has 0 saturated heterocycles. The number of hydrogen-bond acceptors (Lipinski definition) is 1. The fourth-order valence-electron chi connectivity index (χ4n) is 0.334. The highest BCUT2D eigenvalue weighted by atomic mass is 79.9. The van der Waals surface area contributed by atoms with Gasteiger partial charge in [-0.2, -0.15) is 8.78 Å². The SMILES string of the molecule is C[CH]OC/C=C/C(F)(F)Br. The maximum Gasteiger partial charge on any atom is 0.320 e. The van der Waals surface area contributed by atoms with Gasteiger partial charge in [-0.1, -0.05) is 6.08 Å². The zero-order valence-electron chi connectivity index (χ0n) is 5.48. The molecular weight excluding hydrogens is 206 g/mol. The number of halogens is 3.